The van der Waals surface area contributed by atoms with Crippen molar-refractivity contribution in [1.82, 2.24) is 5.32 Å². The van der Waals surface area contributed by atoms with E-state index < -0.39 is 12.1 Å². The zero-order valence-corrected chi connectivity index (χ0v) is 14.1. The van der Waals surface area contributed by atoms with Crippen molar-refractivity contribution in [3.05, 3.63) is 29.8 Å². The number of guanidine groups is 1. The first kappa shape index (κ1) is 17.9. The lowest BCUT2D eigenvalue weighted by Crippen LogP contribution is -2.38. The molecule has 1 aromatic carbocycles. The number of para-hydroxylation sites is 1. The maximum atomic E-state index is 12.7. The van der Waals surface area contributed by atoms with Crippen molar-refractivity contribution in [2.24, 2.45) is 22.6 Å². The summed E-state index contributed by atoms with van der Waals surface area (Å²) in [7, 11) is 0. The van der Waals surface area contributed by atoms with E-state index in [1.54, 1.807) is 0 Å². The van der Waals surface area contributed by atoms with Crippen molar-refractivity contribution in [3.63, 3.8) is 0 Å². The average molecular weight is 355 g/mol. The number of halogens is 3. The van der Waals surface area contributed by atoms with Crippen LogP contribution in [-0.4, -0.2) is 25.3 Å². The van der Waals surface area contributed by atoms with E-state index in [9.17, 15) is 13.2 Å². The molecule has 1 aliphatic carbocycles. The molecule has 0 bridgehead atoms. The number of alkyl halides is 3. The molecule has 1 saturated carbocycles. The summed E-state index contributed by atoms with van der Waals surface area (Å²) in [5.41, 5.74) is 7.05. The third kappa shape index (κ3) is 4.58. The molecule has 0 radical (unpaired) electrons. The third-order valence-electron chi connectivity index (χ3n) is 5.11. The van der Waals surface area contributed by atoms with E-state index in [2.05, 4.69) is 10.3 Å². The Labute approximate surface area is 145 Å². The second-order valence-corrected chi connectivity index (χ2v) is 6.86. The Morgan fingerprint density at radius 1 is 1.16 bits per heavy atom. The summed E-state index contributed by atoms with van der Waals surface area (Å²) >= 11 is 0. The first-order valence-corrected chi connectivity index (χ1v) is 8.78. The minimum atomic E-state index is -4.06. The third-order valence-corrected chi connectivity index (χ3v) is 5.11. The van der Waals surface area contributed by atoms with E-state index >= 15 is 0 Å². The molecule has 1 aliphatic heterocycles. The zero-order valence-electron chi connectivity index (χ0n) is 14.1. The van der Waals surface area contributed by atoms with E-state index in [1.165, 1.54) is 0 Å². The van der Waals surface area contributed by atoms with Gasteiger partial charge in [-0.05, 0) is 37.7 Å². The first-order valence-electron chi connectivity index (χ1n) is 8.78. The average Bonchev–Trinajstić information content (AvgIpc) is 2.60. The zero-order chi connectivity index (χ0) is 17.9. The van der Waals surface area contributed by atoms with Gasteiger partial charge in [-0.1, -0.05) is 18.2 Å². The number of hydrogen-bond donors (Lipinski definition) is 2. The van der Waals surface area contributed by atoms with Gasteiger partial charge in [0.25, 0.3) is 0 Å². The van der Waals surface area contributed by atoms with E-state index in [1.807, 2.05) is 24.3 Å². The van der Waals surface area contributed by atoms with Crippen LogP contribution >= 0.6 is 0 Å². The van der Waals surface area contributed by atoms with Gasteiger partial charge < -0.3 is 15.8 Å². The summed E-state index contributed by atoms with van der Waals surface area (Å²) < 4.78 is 43.7. The molecule has 1 unspecified atom stereocenters. The number of rotatable bonds is 3. The number of ether oxygens (including phenoxy) is 1. The van der Waals surface area contributed by atoms with Crippen LogP contribution in [0.3, 0.4) is 0 Å². The summed E-state index contributed by atoms with van der Waals surface area (Å²) in [4.78, 5) is 4.36. The Bertz CT molecular complexity index is 610. The normalized spacial score (nSPS) is 27.3. The van der Waals surface area contributed by atoms with Gasteiger partial charge in [-0.3, -0.25) is 4.99 Å². The largest absolute Gasteiger partial charge is 0.493 e. The minimum Gasteiger partial charge on any atom is -0.493 e. The van der Waals surface area contributed by atoms with Gasteiger partial charge in [0.15, 0.2) is 5.96 Å². The Kier molecular flexibility index (Phi) is 5.39. The van der Waals surface area contributed by atoms with Crippen molar-refractivity contribution in [2.75, 3.05) is 13.2 Å². The number of nitrogens with zero attached hydrogens (tertiary/aromatic N) is 1. The highest BCUT2D eigenvalue weighted by atomic mass is 19.4. The first-order chi connectivity index (χ1) is 11.9. The van der Waals surface area contributed by atoms with Crippen LogP contribution in [0.25, 0.3) is 0 Å². The summed E-state index contributed by atoms with van der Waals surface area (Å²) in [6, 6.07) is 7.85. The maximum Gasteiger partial charge on any atom is 0.391 e. The number of aliphatic imine (C=N–C) groups is 1. The topological polar surface area (TPSA) is 59.6 Å². The van der Waals surface area contributed by atoms with Crippen molar-refractivity contribution in [1.29, 1.82) is 0 Å². The molecule has 0 amide bonds. The van der Waals surface area contributed by atoms with Crippen LogP contribution in [0.4, 0.5) is 13.2 Å². The van der Waals surface area contributed by atoms with Crippen LogP contribution in [0.5, 0.6) is 5.75 Å². The molecule has 0 saturated heterocycles. The molecule has 4 nitrogen and oxygen atoms in total. The molecule has 138 valence electrons. The molecule has 1 aromatic rings. The molecule has 0 spiro atoms. The molecule has 2 aliphatic rings. The maximum absolute atomic E-state index is 12.7. The van der Waals surface area contributed by atoms with Gasteiger partial charge >= 0.3 is 6.18 Å². The number of nitrogens with two attached hydrogens (primary N) is 1. The monoisotopic (exact) mass is 355 g/mol. The fraction of sp³-hybridized carbons (Fsp3) is 0.611. The lowest BCUT2D eigenvalue weighted by Gasteiger charge is -2.29. The predicted octanol–water partition coefficient (Wildman–Crippen LogP) is 3.78. The fourth-order valence-corrected chi connectivity index (χ4v) is 3.62. The van der Waals surface area contributed by atoms with Crippen molar-refractivity contribution < 1.29 is 17.9 Å². The molecule has 3 N–H and O–H groups in total. The highest BCUT2D eigenvalue weighted by molar-refractivity contribution is 5.78. The molecular formula is C18H24F3N3O. The Morgan fingerprint density at radius 2 is 1.88 bits per heavy atom. The second-order valence-electron chi connectivity index (χ2n) is 6.86. The Hall–Kier alpha value is -1.92. The summed E-state index contributed by atoms with van der Waals surface area (Å²) in [6.45, 7) is 1.09. The van der Waals surface area contributed by atoms with Crippen LogP contribution in [-0.2, 0) is 0 Å². The van der Waals surface area contributed by atoms with Crippen LogP contribution in [0.2, 0.25) is 0 Å². The Balaban J connectivity index is 1.51. The van der Waals surface area contributed by atoms with E-state index in [4.69, 9.17) is 10.5 Å². The molecule has 0 aromatic heterocycles. The second kappa shape index (κ2) is 7.54. The Morgan fingerprint density at radius 3 is 2.60 bits per heavy atom. The standard InChI is InChI=1S/C18H24F3N3O/c19-18(20,21)13-7-5-12(6-8-13)11-23-17(22)24-15-9-10-25-16-4-2-1-3-14(15)16/h1-4,12-13,15H,5-11H2,(H3,22,23,24). The minimum absolute atomic E-state index is 0.0506. The van der Waals surface area contributed by atoms with Crippen molar-refractivity contribution in [2.45, 2.75) is 44.3 Å². The van der Waals surface area contributed by atoms with Gasteiger partial charge in [-0.15, -0.1) is 0 Å². The van der Waals surface area contributed by atoms with Crippen LogP contribution in [0.1, 0.15) is 43.7 Å². The highest BCUT2D eigenvalue weighted by Crippen LogP contribution is 2.39. The molecule has 1 heterocycles. The number of hydrogen-bond acceptors (Lipinski definition) is 2. The van der Waals surface area contributed by atoms with Gasteiger partial charge in [-0.25, -0.2) is 0 Å². The van der Waals surface area contributed by atoms with Crippen LogP contribution in [0, 0.1) is 11.8 Å². The quantitative estimate of drug-likeness (QED) is 0.641. The molecule has 1 fully saturated rings. The number of benzene rings is 1. The van der Waals surface area contributed by atoms with Gasteiger partial charge in [0.05, 0.1) is 18.6 Å². The van der Waals surface area contributed by atoms with Crippen LogP contribution in [0.15, 0.2) is 29.3 Å². The van der Waals surface area contributed by atoms with Gasteiger partial charge in [0.1, 0.15) is 5.75 Å². The number of nitrogens with one attached hydrogen (secondary N) is 1. The highest BCUT2D eigenvalue weighted by Gasteiger charge is 2.41. The van der Waals surface area contributed by atoms with Gasteiger partial charge in [0.2, 0.25) is 0 Å². The molecular weight excluding hydrogens is 331 g/mol. The summed E-state index contributed by atoms with van der Waals surface area (Å²) in [5, 5.41) is 3.22. The van der Waals surface area contributed by atoms with E-state index in [0.717, 1.165) is 17.7 Å². The lowest BCUT2D eigenvalue weighted by atomic mass is 9.82. The van der Waals surface area contributed by atoms with Crippen LogP contribution < -0.4 is 15.8 Å². The SMILES string of the molecule is NC(=NCC1CCC(C(F)(F)F)CC1)NC1CCOc2ccccc21. The summed E-state index contributed by atoms with van der Waals surface area (Å²) in [6.07, 6.45) is -1.76. The lowest BCUT2D eigenvalue weighted by molar-refractivity contribution is -0.183. The smallest absolute Gasteiger partial charge is 0.391 e. The van der Waals surface area contributed by atoms with Gasteiger partial charge in [-0.2, -0.15) is 13.2 Å². The molecule has 1 atom stereocenters. The van der Waals surface area contributed by atoms with E-state index in [-0.39, 0.29) is 24.8 Å². The predicted molar refractivity (Wildman–Crippen MR) is 90.4 cm³/mol. The molecule has 3 rings (SSSR count). The van der Waals surface area contributed by atoms with E-state index in [0.29, 0.717) is 32.0 Å². The molecule has 25 heavy (non-hydrogen) atoms. The number of fused-ring (bicyclic) bond motifs is 1. The fourth-order valence-electron chi connectivity index (χ4n) is 3.62. The van der Waals surface area contributed by atoms with Crippen molar-refractivity contribution >= 4 is 5.96 Å². The van der Waals surface area contributed by atoms with Crippen molar-refractivity contribution in [3.8, 4) is 5.75 Å². The summed E-state index contributed by atoms with van der Waals surface area (Å²) in [5.74, 6) is 0.229. The molecule has 7 heteroatoms. The van der Waals surface area contributed by atoms with Gasteiger partial charge in [0, 0.05) is 18.5 Å².